The number of carbonyl (C=O) groups excluding carboxylic acids is 2. The molecule has 1 aromatic carbocycles. The fraction of sp³-hybridized carbons (Fsp3) is 0.333. The first-order chi connectivity index (χ1) is 14.9. The Morgan fingerprint density at radius 3 is 2.55 bits per heavy atom. The smallest absolute Gasteiger partial charge is 0.340 e. The summed E-state index contributed by atoms with van der Waals surface area (Å²) in [6, 6.07) is 5.25. The van der Waals surface area contributed by atoms with Gasteiger partial charge in [-0.05, 0) is 44.5 Å². The number of nitrogens with zero attached hydrogens (tertiary/aromatic N) is 2. The van der Waals surface area contributed by atoms with E-state index in [9.17, 15) is 9.59 Å². The topological polar surface area (TPSA) is 117 Å². The van der Waals surface area contributed by atoms with Gasteiger partial charge in [0, 0.05) is 11.3 Å². The van der Waals surface area contributed by atoms with Gasteiger partial charge in [-0.25, -0.2) is 4.79 Å². The van der Waals surface area contributed by atoms with E-state index in [4.69, 9.17) is 18.6 Å². The number of aromatic amines is 1. The minimum atomic E-state index is -0.447. The molecule has 9 nitrogen and oxygen atoms in total. The fourth-order valence-corrected chi connectivity index (χ4v) is 3.73. The van der Waals surface area contributed by atoms with E-state index >= 15 is 0 Å². The monoisotopic (exact) mass is 445 g/mol. The van der Waals surface area contributed by atoms with E-state index < -0.39 is 5.97 Å². The maximum Gasteiger partial charge on any atom is 0.340 e. The number of ketones is 1. The van der Waals surface area contributed by atoms with E-state index in [0.717, 1.165) is 11.8 Å². The van der Waals surface area contributed by atoms with Crippen LogP contribution < -0.4 is 9.47 Å². The molecule has 164 valence electrons. The molecule has 0 aliphatic heterocycles. The predicted octanol–water partition coefficient (Wildman–Crippen LogP) is 3.85. The molecule has 0 unspecified atom stereocenters. The molecule has 0 saturated heterocycles. The summed E-state index contributed by atoms with van der Waals surface area (Å²) in [5, 5.41) is 8.28. The molecule has 0 aliphatic rings. The third kappa shape index (κ3) is 4.74. The number of H-pyrrole nitrogens is 1. The Hall–Kier alpha value is -3.27. The summed E-state index contributed by atoms with van der Waals surface area (Å²) >= 11 is 1.12. The molecule has 2 heterocycles. The van der Waals surface area contributed by atoms with Crippen molar-refractivity contribution in [3.63, 3.8) is 0 Å². The van der Waals surface area contributed by atoms with E-state index in [-0.39, 0.29) is 23.4 Å². The van der Waals surface area contributed by atoms with Crippen molar-refractivity contribution < 1.29 is 28.2 Å². The van der Waals surface area contributed by atoms with Crippen molar-refractivity contribution in [1.29, 1.82) is 0 Å². The number of hydrogen-bond acceptors (Lipinski definition) is 9. The number of carbonyl (C=O) groups is 2. The zero-order valence-electron chi connectivity index (χ0n) is 17.9. The lowest BCUT2D eigenvalue weighted by Crippen LogP contribution is -2.08. The highest BCUT2D eigenvalue weighted by Gasteiger charge is 2.23. The van der Waals surface area contributed by atoms with Gasteiger partial charge >= 0.3 is 5.97 Å². The molecular weight excluding hydrogens is 422 g/mol. The Bertz CT molecular complexity index is 1100. The number of hydrogen-bond donors (Lipinski definition) is 1. The number of ether oxygens (including phenoxy) is 3. The van der Waals surface area contributed by atoms with Crippen LogP contribution in [0.5, 0.6) is 11.5 Å². The van der Waals surface area contributed by atoms with Gasteiger partial charge in [0.05, 0.1) is 37.8 Å². The predicted molar refractivity (Wildman–Crippen MR) is 114 cm³/mol. The molecule has 2 aromatic heterocycles. The molecule has 10 heteroatoms. The number of benzene rings is 1. The van der Waals surface area contributed by atoms with E-state index in [1.807, 2.05) is 0 Å². The number of thioether (sulfide) groups is 1. The van der Waals surface area contributed by atoms with E-state index in [1.54, 1.807) is 53.2 Å². The van der Waals surface area contributed by atoms with Crippen LogP contribution in [0.25, 0.3) is 11.5 Å². The first-order valence-corrected chi connectivity index (χ1v) is 10.5. The summed E-state index contributed by atoms with van der Waals surface area (Å²) in [6.45, 7) is 5.45. The lowest BCUT2D eigenvalue weighted by atomic mass is 10.1. The Morgan fingerprint density at radius 1 is 1.13 bits per heavy atom. The van der Waals surface area contributed by atoms with Crippen LogP contribution in [0.4, 0.5) is 0 Å². The summed E-state index contributed by atoms with van der Waals surface area (Å²) in [4.78, 5) is 27.8. The molecule has 31 heavy (non-hydrogen) atoms. The highest BCUT2D eigenvalue weighted by molar-refractivity contribution is 7.99. The first kappa shape index (κ1) is 22.4. The van der Waals surface area contributed by atoms with E-state index in [1.165, 1.54) is 0 Å². The molecule has 3 aromatic rings. The third-order valence-corrected chi connectivity index (χ3v) is 5.38. The van der Waals surface area contributed by atoms with Gasteiger partial charge in [-0.3, -0.25) is 4.79 Å². The highest BCUT2D eigenvalue weighted by atomic mass is 32.2. The van der Waals surface area contributed by atoms with Crippen LogP contribution >= 0.6 is 11.8 Å². The number of nitrogens with one attached hydrogen (secondary N) is 1. The second kappa shape index (κ2) is 9.69. The Kier molecular flexibility index (Phi) is 7.01. The molecule has 0 spiro atoms. The van der Waals surface area contributed by atoms with E-state index in [0.29, 0.717) is 45.5 Å². The maximum atomic E-state index is 12.7. The SMILES string of the molecule is CCOC(=O)c1c(C)[nH]c(C(=O)CSc2nnc(-c3ccc(OC)c(OC)c3)o2)c1C. The van der Waals surface area contributed by atoms with Crippen LogP contribution in [0.15, 0.2) is 27.8 Å². The van der Waals surface area contributed by atoms with Crippen LogP contribution in [0, 0.1) is 13.8 Å². The van der Waals surface area contributed by atoms with E-state index in [2.05, 4.69) is 15.2 Å². The Labute approximate surface area is 183 Å². The summed E-state index contributed by atoms with van der Waals surface area (Å²) < 4.78 is 21.2. The highest BCUT2D eigenvalue weighted by Crippen LogP contribution is 2.32. The molecule has 0 bridgehead atoms. The molecule has 0 atom stereocenters. The van der Waals surface area contributed by atoms with Crippen LogP contribution in [0.2, 0.25) is 0 Å². The van der Waals surface area contributed by atoms with Gasteiger partial charge in [0.1, 0.15) is 0 Å². The van der Waals surface area contributed by atoms with Gasteiger partial charge < -0.3 is 23.6 Å². The number of esters is 1. The van der Waals surface area contributed by atoms with Gasteiger partial charge in [-0.1, -0.05) is 11.8 Å². The van der Waals surface area contributed by atoms with Crippen molar-refractivity contribution >= 4 is 23.5 Å². The lowest BCUT2D eigenvalue weighted by Gasteiger charge is -2.07. The van der Waals surface area contributed by atoms with Crippen molar-refractivity contribution in [3.8, 4) is 23.0 Å². The molecule has 3 rings (SSSR count). The third-order valence-electron chi connectivity index (χ3n) is 4.56. The van der Waals surface area contributed by atoms with Gasteiger partial charge in [0.15, 0.2) is 17.3 Å². The number of methoxy groups -OCH3 is 2. The summed E-state index contributed by atoms with van der Waals surface area (Å²) in [5.74, 6) is 0.857. The Balaban J connectivity index is 1.71. The van der Waals surface area contributed by atoms with Crippen LogP contribution in [0.1, 0.15) is 39.0 Å². The second-order valence-corrected chi connectivity index (χ2v) is 7.43. The second-order valence-electron chi connectivity index (χ2n) is 6.50. The quantitative estimate of drug-likeness (QED) is 0.298. The minimum absolute atomic E-state index is 0.0661. The van der Waals surface area contributed by atoms with Crippen LogP contribution in [-0.4, -0.2) is 53.5 Å². The van der Waals surface area contributed by atoms with Crippen molar-refractivity contribution in [3.05, 3.63) is 40.7 Å². The zero-order valence-corrected chi connectivity index (χ0v) is 18.7. The molecule has 1 N–H and O–H groups in total. The van der Waals surface area contributed by atoms with Crippen molar-refractivity contribution in [2.24, 2.45) is 0 Å². The maximum absolute atomic E-state index is 12.7. The Morgan fingerprint density at radius 2 is 1.87 bits per heavy atom. The summed E-state index contributed by atoms with van der Waals surface area (Å²) in [5.41, 5.74) is 2.59. The van der Waals surface area contributed by atoms with Crippen molar-refractivity contribution in [2.75, 3.05) is 26.6 Å². The minimum Gasteiger partial charge on any atom is -0.493 e. The van der Waals surface area contributed by atoms with Gasteiger partial charge in [0.2, 0.25) is 5.89 Å². The molecule has 0 radical (unpaired) electrons. The zero-order chi connectivity index (χ0) is 22.5. The molecule has 0 fully saturated rings. The average molecular weight is 445 g/mol. The normalized spacial score (nSPS) is 10.7. The average Bonchev–Trinajstić information content (AvgIpc) is 3.35. The fourth-order valence-electron chi connectivity index (χ4n) is 3.09. The van der Waals surface area contributed by atoms with Crippen LogP contribution in [0.3, 0.4) is 0 Å². The molecule has 0 amide bonds. The lowest BCUT2D eigenvalue weighted by molar-refractivity contribution is 0.0525. The summed E-state index contributed by atoms with van der Waals surface area (Å²) in [6.07, 6.45) is 0. The molecule has 0 aliphatic carbocycles. The number of Topliss-reactive ketones (excluding diaryl/α,β-unsaturated/α-hetero) is 1. The van der Waals surface area contributed by atoms with Gasteiger partial charge in [-0.2, -0.15) is 0 Å². The van der Waals surface area contributed by atoms with Crippen molar-refractivity contribution in [1.82, 2.24) is 15.2 Å². The summed E-state index contributed by atoms with van der Waals surface area (Å²) in [7, 11) is 3.10. The van der Waals surface area contributed by atoms with Gasteiger partial charge in [0.25, 0.3) is 5.22 Å². The largest absolute Gasteiger partial charge is 0.493 e. The number of aromatic nitrogens is 3. The molecular formula is C21H23N3O6S. The molecule has 0 saturated carbocycles. The number of rotatable bonds is 9. The number of aryl methyl sites for hydroxylation is 1. The first-order valence-electron chi connectivity index (χ1n) is 9.47. The van der Waals surface area contributed by atoms with Gasteiger partial charge in [-0.15, -0.1) is 10.2 Å². The standard InChI is InChI=1S/C21H23N3O6S/c1-6-29-20(26)17-11(2)18(22-12(17)3)14(25)10-31-21-24-23-19(30-21)13-7-8-15(27-4)16(9-13)28-5/h7-9,22H,6,10H2,1-5H3. The van der Waals surface area contributed by atoms with Crippen LogP contribution in [-0.2, 0) is 4.74 Å². The van der Waals surface area contributed by atoms with Crippen molar-refractivity contribution in [2.45, 2.75) is 26.0 Å².